The highest BCUT2D eigenvalue weighted by Crippen LogP contribution is 2.24. The van der Waals surface area contributed by atoms with Crippen LogP contribution in [0.2, 0.25) is 0 Å². The molecule has 180 valence electrons. The minimum absolute atomic E-state index is 0.106. The third-order valence-electron chi connectivity index (χ3n) is 4.56. The van der Waals surface area contributed by atoms with Gasteiger partial charge in [-0.05, 0) is 36.2 Å². The molecule has 0 aliphatic heterocycles. The number of nitrogens with one attached hydrogen (secondary N) is 2. The first-order valence-electron chi connectivity index (χ1n) is 10.3. The Balaban J connectivity index is 1.44. The van der Waals surface area contributed by atoms with Gasteiger partial charge in [-0.15, -0.1) is 24.5 Å². The van der Waals surface area contributed by atoms with Crippen molar-refractivity contribution in [2.75, 3.05) is 6.61 Å². The van der Waals surface area contributed by atoms with E-state index in [1.807, 2.05) is 37.3 Å². The SMILES string of the molecule is CCC(NC(=O)c1csc(CNC(=O)COc2ccc(OC(F)(F)F)cc2)n1)c1ccccc1. The summed E-state index contributed by atoms with van der Waals surface area (Å²) in [6.07, 6.45) is -4.06. The van der Waals surface area contributed by atoms with Crippen molar-refractivity contribution in [3.05, 3.63) is 76.2 Å². The van der Waals surface area contributed by atoms with Gasteiger partial charge in [0.2, 0.25) is 0 Å². The number of rotatable bonds is 10. The fraction of sp³-hybridized carbons (Fsp3) is 0.261. The van der Waals surface area contributed by atoms with Crippen molar-refractivity contribution in [2.45, 2.75) is 32.3 Å². The van der Waals surface area contributed by atoms with Crippen LogP contribution in [0.4, 0.5) is 13.2 Å². The molecular weight excluding hydrogens is 471 g/mol. The summed E-state index contributed by atoms with van der Waals surface area (Å²) >= 11 is 1.24. The number of hydrogen-bond donors (Lipinski definition) is 2. The van der Waals surface area contributed by atoms with Crippen LogP contribution >= 0.6 is 11.3 Å². The molecule has 3 rings (SSSR count). The largest absolute Gasteiger partial charge is 0.573 e. The number of hydrogen-bond acceptors (Lipinski definition) is 6. The van der Waals surface area contributed by atoms with Crippen LogP contribution in [0.15, 0.2) is 60.0 Å². The van der Waals surface area contributed by atoms with Gasteiger partial charge >= 0.3 is 6.36 Å². The molecule has 0 bridgehead atoms. The van der Waals surface area contributed by atoms with E-state index in [0.29, 0.717) is 5.01 Å². The van der Waals surface area contributed by atoms with Crippen LogP contribution in [0.25, 0.3) is 0 Å². The van der Waals surface area contributed by atoms with Crippen molar-refractivity contribution in [3.63, 3.8) is 0 Å². The summed E-state index contributed by atoms with van der Waals surface area (Å²) in [4.78, 5) is 28.8. The third kappa shape index (κ3) is 7.77. The Bertz CT molecular complexity index is 1090. The quantitative estimate of drug-likeness (QED) is 0.430. The Morgan fingerprint density at radius 3 is 2.38 bits per heavy atom. The Labute approximate surface area is 197 Å². The normalized spacial score (nSPS) is 12.0. The summed E-state index contributed by atoms with van der Waals surface area (Å²) in [6, 6.07) is 14.2. The highest BCUT2D eigenvalue weighted by atomic mass is 32.1. The number of halogens is 3. The molecular formula is C23H22F3N3O4S. The second-order valence-electron chi connectivity index (χ2n) is 7.06. The van der Waals surface area contributed by atoms with E-state index in [-0.39, 0.29) is 42.3 Å². The number of carbonyl (C=O) groups is 2. The molecule has 0 saturated carbocycles. The Kier molecular flexibility index (Phi) is 8.47. The summed E-state index contributed by atoms with van der Waals surface area (Å²) in [5.74, 6) is -0.929. The average Bonchev–Trinajstić information content (AvgIpc) is 3.29. The average molecular weight is 494 g/mol. The predicted molar refractivity (Wildman–Crippen MR) is 120 cm³/mol. The lowest BCUT2D eigenvalue weighted by Gasteiger charge is -2.16. The van der Waals surface area contributed by atoms with Crippen LogP contribution in [0, 0.1) is 0 Å². The molecule has 34 heavy (non-hydrogen) atoms. The Morgan fingerprint density at radius 1 is 1.06 bits per heavy atom. The number of benzene rings is 2. The molecule has 7 nitrogen and oxygen atoms in total. The van der Waals surface area contributed by atoms with Crippen LogP contribution < -0.4 is 20.1 Å². The molecule has 2 aromatic carbocycles. The molecule has 1 aromatic heterocycles. The Hall–Kier alpha value is -3.60. The molecule has 1 heterocycles. The third-order valence-corrected chi connectivity index (χ3v) is 5.41. The standard InChI is InChI=1S/C23H22F3N3O4S/c1-2-18(15-6-4-3-5-7-15)29-22(31)19-14-34-21(28-19)12-27-20(30)13-32-16-8-10-17(11-9-16)33-23(24,25)26/h3-11,14,18H,2,12-13H2,1H3,(H,27,30)(H,29,31). The lowest BCUT2D eigenvalue weighted by atomic mass is 10.0. The van der Waals surface area contributed by atoms with Gasteiger partial charge in [0.25, 0.3) is 11.8 Å². The fourth-order valence-corrected chi connectivity index (χ4v) is 3.66. The molecule has 1 atom stereocenters. The molecule has 3 aromatic rings. The van der Waals surface area contributed by atoms with Crippen LogP contribution in [0.3, 0.4) is 0 Å². The maximum atomic E-state index is 12.6. The Morgan fingerprint density at radius 2 is 1.74 bits per heavy atom. The summed E-state index contributed by atoms with van der Waals surface area (Å²) in [7, 11) is 0. The molecule has 0 radical (unpaired) electrons. The number of amides is 2. The van der Waals surface area contributed by atoms with E-state index in [0.717, 1.165) is 24.1 Å². The number of nitrogens with zero attached hydrogens (tertiary/aromatic N) is 1. The van der Waals surface area contributed by atoms with E-state index < -0.39 is 12.3 Å². The van der Waals surface area contributed by atoms with Gasteiger partial charge in [0.1, 0.15) is 22.2 Å². The molecule has 2 N–H and O–H groups in total. The van der Waals surface area contributed by atoms with E-state index in [2.05, 4.69) is 20.4 Å². The van der Waals surface area contributed by atoms with Crippen molar-refractivity contribution in [1.29, 1.82) is 0 Å². The lowest BCUT2D eigenvalue weighted by Crippen LogP contribution is -2.29. The first-order chi connectivity index (χ1) is 16.2. The van der Waals surface area contributed by atoms with Gasteiger partial charge in [0, 0.05) is 5.38 Å². The fourth-order valence-electron chi connectivity index (χ4n) is 2.95. The first kappa shape index (κ1) is 25.0. The van der Waals surface area contributed by atoms with Crippen LogP contribution in [-0.4, -0.2) is 29.8 Å². The van der Waals surface area contributed by atoms with Gasteiger partial charge in [0.05, 0.1) is 12.6 Å². The smallest absolute Gasteiger partial charge is 0.484 e. The predicted octanol–water partition coefficient (Wildman–Crippen LogP) is 4.62. The second-order valence-corrected chi connectivity index (χ2v) is 8.00. The molecule has 0 saturated heterocycles. The van der Waals surface area contributed by atoms with E-state index >= 15 is 0 Å². The zero-order valence-electron chi connectivity index (χ0n) is 18.1. The molecule has 11 heteroatoms. The summed E-state index contributed by atoms with van der Waals surface area (Å²) < 4.78 is 45.6. The molecule has 0 fully saturated rings. The summed E-state index contributed by atoms with van der Waals surface area (Å²) in [5.41, 5.74) is 1.27. The molecule has 2 amide bonds. The van der Waals surface area contributed by atoms with Gasteiger partial charge in [-0.25, -0.2) is 4.98 Å². The van der Waals surface area contributed by atoms with Crippen molar-refractivity contribution in [2.24, 2.45) is 0 Å². The number of aromatic nitrogens is 1. The van der Waals surface area contributed by atoms with Crippen molar-refractivity contribution >= 4 is 23.2 Å². The van der Waals surface area contributed by atoms with E-state index in [1.54, 1.807) is 5.38 Å². The van der Waals surface area contributed by atoms with Gasteiger partial charge in [-0.2, -0.15) is 0 Å². The maximum absolute atomic E-state index is 12.6. The highest BCUT2D eigenvalue weighted by Gasteiger charge is 2.31. The van der Waals surface area contributed by atoms with Gasteiger partial charge < -0.3 is 20.1 Å². The number of ether oxygens (including phenoxy) is 2. The van der Waals surface area contributed by atoms with Gasteiger partial charge in [0.15, 0.2) is 6.61 Å². The zero-order chi connectivity index (χ0) is 24.6. The zero-order valence-corrected chi connectivity index (χ0v) is 18.9. The van der Waals surface area contributed by atoms with E-state index in [9.17, 15) is 22.8 Å². The van der Waals surface area contributed by atoms with Crippen LogP contribution in [0.5, 0.6) is 11.5 Å². The summed E-state index contributed by atoms with van der Waals surface area (Å²) in [5, 5.41) is 7.74. The first-order valence-corrected chi connectivity index (χ1v) is 11.2. The topological polar surface area (TPSA) is 89.6 Å². The van der Waals surface area contributed by atoms with Crippen LogP contribution in [-0.2, 0) is 11.3 Å². The van der Waals surface area contributed by atoms with Crippen molar-refractivity contribution < 1.29 is 32.2 Å². The minimum Gasteiger partial charge on any atom is -0.484 e. The van der Waals surface area contributed by atoms with Gasteiger partial charge in [-0.3, -0.25) is 9.59 Å². The van der Waals surface area contributed by atoms with Crippen molar-refractivity contribution in [1.82, 2.24) is 15.6 Å². The number of thiazole rings is 1. The summed E-state index contributed by atoms with van der Waals surface area (Å²) in [6.45, 7) is 1.74. The lowest BCUT2D eigenvalue weighted by molar-refractivity contribution is -0.274. The minimum atomic E-state index is -4.78. The second kappa shape index (κ2) is 11.5. The van der Waals surface area contributed by atoms with Crippen LogP contribution in [0.1, 0.15) is 40.4 Å². The van der Waals surface area contributed by atoms with Gasteiger partial charge in [-0.1, -0.05) is 37.3 Å². The highest BCUT2D eigenvalue weighted by molar-refractivity contribution is 7.09. The molecule has 0 aliphatic rings. The monoisotopic (exact) mass is 493 g/mol. The van der Waals surface area contributed by atoms with E-state index in [1.165, 1.54) is 23.5 Å². The van der Waals surface area contributed by atoms with Crippen molar-refractivity contribution in [3.8, 4) is 11.5 Å². The molecule has 0 aliphatic carbocycles. The number of carbonyl (C=O) groups excluding carboxylic acids is 2. The van der Waals surface area contributed by atoms with E-state index in [4.69, 9.17) is 4.74 Å². The maximum Gasteiger partial charge on any atom is 0.573 e. The number of alkyl halides is 3. The molecule has 0 spiro atoms. The molecule has 1 unspecified atom stereocenters.